The third-order valence-corrected chi connectivity index (χ3v) is 3.00. The van der Waals surface area contributed by atoms with Crippen LogP contribution in [-0.4, -0.2) is 35.5 Å². The number of carbonyl (C=O) groups excluding carboxylic acids is 1. The van der Waals surface area contributed by atoms with Crippen LogP contribution >= 0.6 is 15.9 Å². The maximum Gasteiger partial charge on any atom is 0.257 e. The van der Waals surface area contributed by atoms with Crippen LogP contribution in [0.1, 0.15) is 17.3 Å². The first-order valence-electron chi connectivity index (χ1n) is 4.93. The number of nitrogens with zero attached hydrogens (tertiary/aromatic N) is 1. The fraction of sp³-hybridized carbons (Fsp3) is 0.364. The van der Waals surface area contributed by atoms with Crippen LogP contribution in [0, 0.1) is 0 Å². The molecule has 4 nitrogen and oxygen atoms in total. The van der Waals surface area contributed by atoms with Gasteiger partial charge in [-0.3, -0.25) is 4.79 Å². The van der Waals surface area contributed by atoms with Gasteiger partial charge in [0.25, 0.3) is 5.91 Å². The molecule has 1 amide bonds. The van der Waals surface area contributed by atoms with Gasteiger partial charge >= 0.3 is 0 Å². The summed E-state index contributed by atoms with van der Waals surface area (Å²) in [7, 11) is 1.67. The van der Waals surface area contributed by atoms with Crippen molar-refractivity contribution in [2.45, 2.75) is 13.0 Å². The van der Waals surface area contributed by atoms with Crippen LogP contribution in [0.3, 0.4) is 0 Å². The number of likely N-dealkylation sites (N-methyl/N-ethyl adjacent to an activating group) is 1. The zero-order valence-electron chi connectivity index (χ0n) is 9.27. The molecule has 1 atom stereocenters. The Bertz CT molecular complexity index is 396. The monoisotopic (exact) mass is 286 g/mol. The molecule has 0 bridgehead atoms. The van der Waals surface area contributed by atoms with Gasteiger partial charge in [-0.25, -0.2) is 0 Å². The van der Waals surface area contributed by atoms with E-state index in [0.717, 1.165) is 4.47 Å². The summed E-state index contributed by atoms with van der Waals surface area (Å²) in [6.45, 7) is 2.24. The molecule has 0 saturated heterocycles. The summed E-state index contributed by atoms with van der Waals surface area (Å²) < 4.78 is 0.752. The lowest BCUT2D eigenvalue weighted by atomic mass is 10.1. The molecule has 1 rings (SSSR count). The first-order chi connectivity index (χ1) is 7.47. The number of hydrogen-bond donors (Lipinski definition) is 2. The predicted octanol–water partition coefficient (Wildman–Crippen LogP) is 1.57. The second-order valence-electron chi connectivity index (χ2n) is 3.66. The Labute approximate surface area is 103 Å². The highest BCUT2D eigenvalue weighted by Gasteiger charge is 2.19. The van der Waals surface area contributed by atoms with Crippen LogP contribution in [-0.2, 0) is 0 Å². The lowest BCUT2D eigenvalue weighted by Crippen LogP contribution is -2.39. The number of amides is 1. The van der Waals surface area contributed by atoms with Crippen molar-refractivity contribution in [3.05, 3.63) is 28.2 Å². The number of hydrogen-bond acceptors (Lipinski definition) is 3. The molecule has 0 saturated carbocycles. The summed E-state index contributed by atoms with van der Waals surface area (Å²) in [5.74, 6) is -0.263. The Morgan fingerprint density at radius 2 is 2.25 bits per heavy atom. The SMILES string of the molecule is CC(CN)N(C)C(=O)c1cc(Br)ccc1O. The van der Waals surface area contributed by atoms with E-state index in [0.29, 0.717) is 6.54 Å². The maximum absolute atomic E-state index is 12.0. The molecule has 16 heavy (non-hydrogen) atoms. The average molecular weight is 287 g/mol. The third-order valence-electron chi connectivity index (χ3n) is 2.51. The highest BCUT2D eigenvalue weighted by atomic mass is 79.9. The fourth-order valence-electron chi connectivity index (χ4n) is 1.23. The molecule has 0 fully saturated rings. The molecule has 1 unspecified atom stereocenters. The van der Waals surface area contributed by atoms with E-state index >= 15 is 0 Å². The molecule has 0 aliphatic rings. The van der Waals surface area contributed by atoms with E-state index in [-0.39, 0.29) is 23.3 Å². The minimum Gasteiger partial charge on any atom is -0.507 e. The van der Waals surface area contributed by atoms with Gasteiger partial charge in [-0.2, -0.15) is 0 Å². The van der Waals surface area contributed by atoms with Crippen molar-refractivity contribution < 1.29 is 9.90 Å². The Balaban J connectivity index is 3.00. The second kappa shape index (κ2) is 5.32. The van der Waals surface area contributed by atoms with Crippen molar-refractivity contribution in [1.82, 2.24) is 4.90 Å². The van der Waals surface area contributed by atoms with Gasteiger partial charge in [0.15, 0.2) is 0 Å². The van der Waals surface area contributed by atoms with Crippen molar-refractivity contribution in [2.75, 3.05) is 13.6 Å². The van der Waals surface area contributed by atoms with E-state index in [4.69, 9.17) is 5.73 Å². The van der Waals surface area contributed by atoms with Crippen molar-refractivity contribution in [1.29, 1.82) is 0 Å². The van der Waals surface area contributed by atoms with Gasteiger partial charge in [0, 0.05) is 24.1 Å². The summed E-state index contributed by atoms with van der Waals surface area (Å²) in [5.41, 5.74) is 5.77. The maximum atomic E-state index is 12.0. The summed E-state index contributed by atoms with van der Waals surface area (Å²) >= 11 is 3.26. The molecule has 0 aliphatic heterocycles. The zero-order chi connectivity index (χ0) is 12.3. The number of benzene rings is 1. The number of halogens is 1. The largest absolute Gasteiger partial charge is 0.507 e. The first kappa shape index (κ1) is 13.0. The van der Waals surface area contributed by atoms with Crippen molar-refractivity contribution in [3.8, 4) is 5.75 Å². The number of phenolic OH excluding ortho intramolecular Hbond substituents is 1. The summed E-state index contributed by atoms with van der Waals surface area (Å²) in [4.78, 5) is 13.5. The van der Waals surface area contributed by atoms with Crippen LogP contribution in [0.2, 0.25) is 0 Å². The van der Waals surface area contributed by atoms with E-state index in [1.807, 2.05) is 6.92 Å². The van der Waals surface area contributed by atoms with E-state index in [2.05, 4.69) is 15.9 Å². The molecular weight excluding hydrogens is 272 g/mol. The van der Waals surface area contributed by atoms with Crippen LogP contribution < -0.4 is 5.73 Å². The molecule has 3 N–H and O–H groups in total. The normalized spacial score (nSPS) is 12.2. The topological polar surface area (TPSA) is 66.6 Å². The van der Waals surface area contributed by atoms with E-state index in [1.165, 1.54) is 11.0 Å². The molecule has 0 heterocycles. The van der Waals surface area contributed by atoms with Gasteiger partial charge in [0.1, 0.15) is 5.75 Å². The van der Waals surface area contributed by atoms with Gasteiger partial charge in [0.2, 0.25) is 0 Å². The standard InChI is InChI=1S/C11H15BrN2O2/c1-7(6-13)14(2)11(16)9-5-8(12)3-4-10(9)15/h3-5,7,15H,6,13H2,1-2H3. The number of nitrogens with two attached hydrogens (primary N) is 1. The number of phenols is 1. The van der Waals surface area contributed by atoms with Crippen LogP contribution in [0.15, 0.2) is 22.7 Å². The van der Waals surface area contributed by atoms with Gasteiger partial charge in [-0.05, 0) is 25.1 Å². The number of aromatic hydroxyl groups is 1. The molecular formula is C11H15BrN2O2. The number of carbonyl (C=O) groups is 1. The first-order valence-corrected chi connectivity index (χ1v) is 5.72. The zero-order valence-corrected chi connectivity index (χ0v) is 10.9. The molecule has 0 spiro atoms. The molecule has 5 heteroatoms. The summed E-state index contributed by atoms with van der Waals surface area (Å²) in [5, 5.41) is 9.61. The van der Waals surface area contributed by atoms with Gasteiger partial charge < -0.3 is 15.7 Å². The summed E-state index contributed by atoms with van der Waals surface area (Å²) in [6, 6.07) is 4.69. The molecule has 1 aromatic carbocycles. The minimum absolute atomic E-state index is 0.0238. The van der Waals surface area contributed by atoms with Crippen LogP contribution in [0.25, 0.3) is 0 Å². The van der Waals surface area contributed by atoms with Gasteiger partial charge in [0.05, 0.1) is 5.56 Å². The number of rotatable bonds is 3. The highest BCUT2D eigenvalue weighted by molar-refractivity contribution is 9.10. The van der Waals surface area contributed by atoms with Crippen molar-refractivity contribution >= 4 is 21.8 Å². The van der Waals surface area contributed by atoms with Crippen molar-refractivity contribution in [3.63, 3.8) is 0 Å². The molecule has 0 radical (unpaired) electrons. The van der Waals surface area contributed by atoms with Crippen LogP contribution in [0.5, 0.6) is 5.75 Å². The van der Waals surface area contributed by atoms with E-state index in [9.17, 15) is 9.90 Å². The van der Waals surface area contributed by atoms with Gasteiger partial charge in [-0.1, -0.05) is 15.9 Å². The molecule has 1 aromatic rings. The second-order valence-corrected chi connectivity index (χ2v) is 4.58. The lowest BCUT2D eigenvalue weighted by molar-refractivity contribution is 0.0745. The molecule has 0 aliphatic carbocycles. The van der Waals surface area contributed by atoms with Crippen molar-refractivity contribution in [2.24, 2.45) is 5.73 Å². The quantitative estimate of drug-likeness (QED) is 0.887. The van der Waals surface area contributed by atoms with Crippen LogP contribution in [0.4, 0.5) is 0 Å². The van der Waals surface area contributed by atoms with Gasteiger partial charge in [-0.15, -0.1) is 0 Å². The Morgan fingerprint density at radius 3 is 2.81 bits per heavy atom. The Kier molecular flexibility index (Phi) is 4.32. The average Bonchev–Trinajstić information content (AvgIpc) is 2.29. The lowest BCUT2D eigenvalue weighted by Gasteiger charge is -2.24. The highest BCUT2D eigenvalue weighted by Crippen LogP contribution is 2.23. The molecule has 88 valence electrons. The Hall–Kier alpha value is -1.07. The fourth-order valence-corrected chi connectivity index (χ4v) is 1.59. The van der Waals surface area contributed by atoms with E-state index in [1.54, 1.807) is 19.2 Å². The third kappa shape index (κ3) is 2.74. The molecule has 0 aromatic heterocycles. The smallest absolute Gasteiger partial charge is 0.257 e. The Morgan fingerprint density at radius 1 is 1.62 bits per heavy atom. The van der Waals surface area contributed by atoms with E-state index < -0.39 is 0 Å². The predicted molar refractivity (Wildman–Crippen MR) is 66.4 cm³/mol. The minimum atomic E-state index is -0.239. The summed E-state index contributed by atoms with van der Waals surface area (Å²) in [6.07, 6.45) is 0.